The summed E-state index contributed by atoms with van der Waals surface area (Å²) in [5.74, 6) is -1.00. The van der Waals surface area contributed by atoms with Gasteiger partial charge in [-0.2, -0.15) is 0 Å². The van der Waals surface area contributed by atoms with E-state index in [9.17, 15) is 9.59 Å². The molecule has 0 unspecified atom stereocenters. The Morgan fingerprint density at radius 3 is 2.76 bits per heavy atom. The first-order chi connectivity index (χ1) is 10.0. The standard InChI is InChI=1S/C14H14N2O5/c1-8-5-9(3-4-11(8)14(18)19)15-13(17)12-6-10(7-20-2)21-16-12/h3-6H,7H2,1-2H3,(H,15,17)(H,18,19). The number of carboxylic acid groups (broad SMARTS) is 1. The molecule has 0 fully saturated rings. The highest BCUT2D eigenvalue weighted by Gasteiger charge is 2.14. The number of aromatic nitrogens is 1. The quantitative estimate of drug-likeness (QED) is 0.874. The smallest absolute Gasteiger partial charge is 0.335 e. The highest BCUT2D eigenvalue weighted by molar-refractivity contribution is 6.03. The summed E-state index contributed by atoms with van der Waals surface area (Å²) >= 11 is 0. The van der Waals surface area contributed by atoms with Crippen LogP contribution in [0.3, 0.4) is 0 Å². The molecule has 0 aliphatic heterocycles. The van der Waals surface area contributed by atoms with Crippen molar-refractivity contribution in [1.82, 2.24) is 5.16 Å². The molecular formula is C14H14N2O5. The van der Waals surface area contributed by atoms with Gasteiger partial charge in [-0.3, -0.25) is 4.79 Å². The van der Waals surface area contributed by atoms with Crippen molar-refractivity contribution in [2.24, 2.45) is 0 Å². The highest BCUT2D eigenvalue weighted by atomic mass is 16.5. The van der Waals surface area contributed by atoms with Gasteiger partial charge >= 0.3 is 5.97 Å². The highest BCUT2D eigenvalue weighted by Crippen LogP contribution is 2.16. The van der Waals surface area contributed by atoms with Crippen LogP contribution in [0, 0.1) is 6.92 Å². The normalized spacial score (nSPS) is 10.4. The minimum absolute atomic E-state index is 0.127. The number of carboxylic acids is 1. The first-order valence-electron chi connectivity index (χ1n) is 6.11. The zero-order chi connectivity index (χ0) is 15.4. The van der Waals surface area contributed by atoms with Gasteiger partial charge in [-0.15, -0.1) is 0 Å². The van der Waals surface area contributed by atoms with Crippen LogP contribution in [0.1, 0.15) is 32.2 Å². The average molecular weight is 290 g/mol. The monoisotopic (exact) mass is 290 g/mol. The van der Waals surface area contributed by atoms with E-state index in [2.05, 4.69) is 10.5 Å². The number of anilines is 1. The number of ether oxygens (including phenoxy) is 1. The summed E-state index contributed by atoms with van der Waals surface area (Å²) in [7, 11) is 1.51. The lowest BCUT2D eigenvalue weighted by atomic mass is 10.1. The number of carbonyl (C=O) groups is 2. The number of methoxy groups -OCH3 is 1. The molecule has 2 aromatic rings. The molecule has 1 aromatic heterocycles. The van der Waals surface area contributed by atoms with Crippen LogP contribution in [0.4, 0.5) is 5.69 Å². The summed E-state index contributed by atoms with van der Waals surface area (Å²) in [5.41, 5.74) is 1.36. The van der Waals surface area contributed by atoms with E-state index < -0.39 is 11.9 Å². The zero-order valence-corrected chi connectivity index (χ0v) is 11.5. The van der Waals surface area contributed by atoms with Crippen molar-refractivity contribution in [2.75, 3.05) is 12.4 Å². The van der Waals surface area contributed by atoms with E-state index >= 15 is 0 Å². The van der Waals surface area contributed by atoms with Gasteiger partial charge in [0.25, 0.3) is 5.91 Å². The number of carbonyl (C=O) groups excluding carboxylic acids is 1. The number of hydrogen-bond donors (Lipinski definition) is 2. The fourth-order valence-corrected chi connectivity index (χ4v) is 1.81. The van der Waals surface area contributed by atoms with Crippen LogP contribution in [0.2, 0.25) is 0 Å². The molecule has 2 N–H and O–H groups in total. The Bertz CT molecular complexity index is 678. The molecule has 0 saturated heterocycles. The van der Waals surface area contributed by atoms with Crippen molar-refractivity contribution >= 4 is 17.6 Å². The van der Waals surface area contributed by atoms with Gasteiger partial charge in [-0.25, -0.2) is 4.79 Å². The SMILES string of the molecule is COCc1cc(C(=O)Nc2ccc(C(=O)O)c(C)c2)no1. The van der Waals surface area contributed by atoms with Gasteiger partial charge in [0.05, 0.1) is 5.56 Å². The van der Waals surface area contributed by atoms with Crippen LogP contribution in [0.15, 0.2) is 28.8 Å². The maximum atomic E-state index is 12.0. The van der Waals surface area contributed by atoms with Gasteiger partial charge in [-0.05, 0) is 30.7 Å². The second-order valence-corrected chi connectivity index (χ2v) is 4.40. The number of aryl methyl sites for hydroxylation is 1. The summed E-state index contributed by atoms with van der Waals surface area (Å²) in [6.07, 6.45) is 0. The summed E-state index contributed by atoms with van der Waals surface area (Å²) in [6.45, 7) is 1.89. The summed E-state index contributed by atoms with van der Waals surface area (Å²) < 4.78 is 9.79. The number of rotatable bonds is 5. The number of nitrogens with one attached hydrogen (secondary N) is 1. The molecule has 1 amide bonds. The molecule has 0 bridgehead atoms. The van der Waals surface area contributed by atoms with E-state index in [0.29, 0.717) is 17.0 Å². The molecule has 1 aromatic carbocycles. The van der Waals surface area contributed by atoms with Gasteiger partial charge in [0.1, 0.15) is 6.61 Å². The van der Waals surface area contributed by atoms with Gasteiger partial charge in [0.15, 0.2) is 11.5 Å². The Kier molecular flexibility index (Phi) is 4.34. The third kappa shape index (κ3) is 3.46. The number of benzene rings is 1. The lowest BCUT2D eigenvalue weighted by Crippen LogP contribution is -2.12. The van der Waals surface area contributed by atoms with Crippen molar-refractivity contribution in [2.45, 2.75) is 13.5 Å². The van der Waals surface area contributed by atoms with Crippen LogP contribution in [-0.4, -0.2) is 29.2 Å². The Morgan fingerprint density at radius 2 is 2.14 bits per heavy atom. The number of hydrogen-bond acceptors (Lipinski definition) is 5. The number of amides is 1. The van der Waals surface area contributed by atoms with Crippen molar-refractivity contribution in [3.63, 3.8) is 0 Å². The van der Waals surface area contributed by atoms with Gasteiger partial charge in [0.2, 0.25) is 0 Å². The Morgan fingerprint density at radius 1 is 1.38 bits per heavy atom. The lowest BCUT2D eigenvalue weighted by Gasteiger charge is -2.06. The molecule has 21 heavy (non-hydrogen) atoms. The van der Waals surface area contributed by atoms with E-state index in [4.69, 9.17) is 14.4 Å². The molecular weight excluding hydrogens is 276 g/mol. The first-order valence-corrected chi connectivity index (χ1v) is 6.11. The molecule has 0 aliphatic carbocycles. The molecule has 110 valence electrons. The van der Waals surface area contributed by atoms with Crippen molar-refractivity contribution in [3.05, 3.63) is 46.8 Å². The summed E-state index contributed by atoms with van der Waals surface area (Å²) in [6, 6.07) is 6.02. The topological polar surface area (TPSA) is 102 Å². The van der Waals surface area contributed by atoms with Crippen LogP contribution in [-0.2, 0) is 11.3 Å². The predicted octanol–water partition coefficient (Wildman–Crippen LogP) is 2.08. The number of nitrogens with zero attached hydrogens (tertiary/aromatic N) is 1. The van der Waals surface area contributed by atoms with Crippen LogP contribution in [0.25, 0.3) is 0 Å². The molecule has 0 saturated carbocycles. The van der Waals surface area contributed by atoms with Crippen molar-refractivity contribution < 1.29 is 24.0 Å². The minimum atomic E-state index is -1.01. The summed E-state index contributed by atoms with van der Waals surface area (Å²) in [5, 5.41) is 15.2. The fourth-order valence-electron chi connectivity index (χ4n) is 1.81. The molecule has 0 aliphatic rings. The maximum Gasteiger partial charge on any atom is 0.335 e. The number of aromatic carboxylic acids is 1. The van der Waals surface area contributed by atoms with Crippen molar-refractivity contribution in [3.8, 4) is 0 Å². The summed E-state index contributed by atoms with van der Waals surface area (Å²) in [4.78, 5) is 22.9. The molecule has 0 spiro atoms. The maximum absolute atomic E-state index is 12.0. The second-order valence-electron chi connectivity index (χ2n) is 4.40. The average Bonchev–Trinajstić information content (AvgIpc) is 2.87. The van der Waals surface area contributed by atoms with Crippen LogP contribution in [0.5, 0.6) is 0 Å². The van der Waals surface area contributed by atoms with E-state index in [1.807, 2.05) is 0 Å². The molecule has 7 heteroatoms. The Balaban J connectivity index is 2.11. The largest absolute Gasteiger partial charge is 0.478 e. The van der Waals surface area contributed by atoms with E-state index in [1.54, 1.807) is 13.0 Å². The molecule has 1 heterocycles. The van der Waals surface area contributed by atoms with Crippen LogP contribution >= 0.6 is 0 Å². The van der Waals surface area contributed by atoms with E-state index in [1.165, 1.54) is 25.3 Å². The fraction of sp³-hybridized carbons (Fsp3) is 0.214. The Labute approximate surface area is 120 Å². The first kappa shape index (κ1) is 14.7. The molecule has 0 radical (unpaired) electrons. The van der Waals surface area contributed by atoms with Gasteiger partial charge in [-0.1, -0.05) is 5.16 Å². The van der Waals surface area contributed by atoms with E-state index in [0.717, 1.165) is 0 Å². The molecule has 2 rings (SSSR count). The third-order valence-corrected chi connectivity index (χ3v) is 2.79. The van der Waals surface area contributed by atoms with Crippen molar-refractivity contribution in [1.29, 1.82) is 0 Å². The minimum Gasteiger partial charge on any atom is -0.478 e. The van der Waals surface area contributed by atoms with Gasteiger partial charge < -0.3 is 19.7 Å². The zero-order valence-electron chi connectivity index (χ0n) is 11.5. The molecule has 0 atom stereocenters. The van der Waals surface area contributed by atoms with E-state index in [-0.39, 0.29) is 17.9 Å². The third-order valence-electron chi connectivity index (χ3n) is 2.79. The van der Waals surface area contributed by atoms with Gasteiger partial charge in [0, 0.05) is 18.9 Å². The van der Waals surface area contributed by atoms with Crippen LogP contribution < -0.4 is 5.32 Å². The lowest BCUT2D eigenvalue weighted by molar-refractivity contribution is 0.0696. The predicted molar refractivity (Wildman–Crippen MR) is 73.3 cm³/mol. The molecule has 7 nitrogen and oxygen atoms in total. The Hall–Kier alpha value is -2.67. The second kappa shape index (κ2) is 6.19.